The van der Waals surface area contributed by atoms with Crippen molar-refractivity contribution in [3.63, 3.8) is 0 Å². The molecule has 4 rings (SSSR count). The lowest BCUT2D eigenvalue weighted by Crippen LogP contribution is -2.36. The summed E-state index contributed by atoms with van der Waals surface area (Å²) >= 11 is 0. The highest BCUT2D eigenvalue weighted by Gasteiger charge is 2.39. The maximum absolute atomic E-state index is 13.1. The zero-order valence-electron chi connectivity index (χ0n) is 15.6. The van der Waals surface area contributed by atoms with E-state index in [0.29, 0.717) is 45.4 Å². The summed E-state index contributed by atoms with van der Waals surface area (Å²) in [6, 6.07) is 8.69. The monoisotopic (exact) mass is 368 g/mol. The lowest BCUT2D eigenvalue weighted by atomic mass is 9.90. The summed E-state index contributed by atoms with van der Waals surface area (Å²) in [5.41, 5.74) is 0.593. The van der Waals surface area contributed by atoms with E-state index >= 15 is 0 Å². The van der Waals surface area contributed by atoms with Crippen LogP contribution in [0.3, 0.4) is 0 Å². The van der Waals surface area contributed by atoms with Gasteiger partial charge in [-0.25, -0.2) is 0 Å². The van der Waals surface area contributed by atoms with Gasteiger partial charge in [-0.3, -0.25) is 9.59 Å². The van der Waals surface area contributed by atoms with E-state index in [9.17, 15) is 9.59 Å². The molecular formula is C21H20O6. The van der Waals surface area contributed by atoms with Crippen molar-refractivity contribution in [1.29, 1.82) is 0 Å². The highest BCUT2D eigenvalue weighted by molar-refractivity contribution is 5.96. The van der Waals surface area contributed by atoms with Gasteiger partial charge in [-0.2, -0.15) is 0 Å². The molecule has 1 aliphatic rings. The van der Waals surface area contributed by atoms with Crippen LogP contribution in [0.5, 0.6) is 11.5 Å². The van der Waals surface area contributed by atoms with E-state index in [4.69, 9.17) is 18.6 Å². The molecule has 0 fully saturated rings. The molecule has 0 amide bonds. The number of para-hydroxylation sites is 1. The minimum absolute atomic E-state index is 0.196. The Morgan fingerprint density at radius 3 is 2.70 bits per heavy atom. The largest absolute Gasteiger partial charge is 0.496 e. The fourth-order valence-corrected chi connectivity index (χ4v) is 3.68. The second-order valence-corrected chi connectivity index (χ2v) is 7.29. The normalized spacial score (nSPS) is 18.0. The molecule has 6 nitrogen and oxygen atoms in total. The molecular weight excluding hydrogens is 348 g/mol. The summed E-state index contributed by atoms with van der Waals surface area (Å²) in [4.78, 5) is 24.8. The third kappa shape index (κ3) is 2.81. The Kier molecular flexibility index (Phi) is 3.87. The Morgan fingerprint density at radius 2 is 2.00 bits per heavy atom. The molecule has 0 N–H and O–H groups in total. The van der Waals surface area contributed by atoms with Crippen LogP contribution >= 0.6 is 0 Å². The second-order valence-electron chi connectivity index (χ2n) is 7.29. The third-order valence-corrected chi connectivity index (χ3v) is 4.73. The van der Waals surface area contributed by atoms with E-state index in [1.165, 1.54) is 14.0 Å². The Balaban J connectivity index is 2.13. The first-order chi connectivity index (χ1) is 12.8. The van der Waals surface area contributed by atoms with Crippen LogP contribution in [0.2, 0.25) is 0 Å². The van der Waals surface area contributed by atoms with Gasteiger partial charge in [-0.05, 0) is 26.0 Å². The van der Waals surface area contributed by atoms with Crippen molar-refractivity contribution in [1.82, 2.24) is 0 Å². The highest BCUT2D eigenvalue weighted by Crippen LogP contribution is 2.47. The summed E-state index contributed by atoms with van der Waals surface area (Å²) in [5, 5.41) is 0.778. The van der Waals surface area contributed by atoms with Crippen LogP contribution in [0.25, 0.3) is 21.9 Å². The van der Waals surface area contributed by atoms with Crippen LogP contribution in [0, 0.1) is 0 Å². The van der Waals surface area contributed by atoms with Crippen LogP contribution in [0.4, 0.5) is 0 Å². The fourth-order valence-electron chi connectivity index (χ4n) is 3.68. The van der Waals surface area contributed by atoms with Gasteiger partial charge in [0.15, 0.2) is 5.58 Å². The van der Waals surface area contributed by atoms with Gasteiger partial charge in [0.2, 0.25) is 5.43 Å². The average Bonchev–Trinajstić information content (AvgIpc) is 2.59. The number of fused-ring (bicyclic) bond motifs is 4. The molecule has 0 bridgehead atoms. The molecule has 1 aliphatic heterocycles. The Labute approximate surface area is 155 Å². The number of esters is 1. The molecule has 0 spiro atoms. The lowest BCUT2D eigenvalue weighted by Gasteiger charge is -2.37. The molecule has 1 unspecified atom stereocenters. The molecule has 3 aromatic rings. The van der Waals surface area contributed by atoms with Crippen LogP contribution in [-0.4, -0.2) is 18.7 Å². The van der Waals surface area contributed by atoms with Gasteiger partial charge in [0, 0.05) is 19.4 Å². The van der Waals surface area contributed by atoms with Crippen molar-refractivity contribution in [3.8, 4) is 11.5 Å². The van der Waals surface area contributed by atoms with Crippen molar-refractivity contribution in [3.05, 3.63) is 46.1 Å². The summed E-state index contributed by atoms with van der Waals surface area (Å²) in [6.07, 6.45) is -0.142. The van der Waals surface area contributed by atoms with Crippen molar-refractivity contribution < 1.29 is 23.4 Å². The molecule has 0 saturated heterocycles. The maximum atomic E-state index is 13.1. The molecule has 2 aromatic carbocycles. The number of rotatable bonds is 2. The van der Waals surface area contributed by atoms with E-state index in [1.807, 2.05) is 13.8 Å². The smallest absolute Gasteiger partial charge is 0.303 e. The topological polar surface area (TPSA) is 75.0 Å². The molecule has 140 valence electrons. The van der Waals surface area contributed by atoms with Crippen molar-refractivity contribution in [2.45, 2.75) is 38.9 Å². The maximum Gasteiger partial charge on any atom is 0.303 e. The number of carbonyl (C=O) groups is 1. The second kappa shape index (κ2) is 6.01. The predicted octanol–water partition coefficient (Wildman–Crippen LogP) is 4.12. The van der Waals surface area contributed by atoms with Gasteiger partial charge in [-0.15, -0.1) is 0 Å². The van der Waals surface area contributed by atoms with E-state index in [0.717, 1.165) is 0 Å². The standard InChI is InChI=1S/C21H20O6/c1-11(22)25-16-10-21(2,3)27-15-9-14(24-4)18-19(23)12-7-5-6-8-13(12)26-20(18)17(15)16/h5-9,16H,10H2,1-4H3. The minimum atomic E-state index is -0.584. The first-order valence-corrected chi connectivity index (χ1v) is 8.73. The molecule has 0 saturated carbocycles. The first kappa shape index (κ1) is 17.4. The van der Waals surface area contributed by atoms with Gasteiger partial charge in [-0.1, -0.05) is 12.1 Å². The molecule has 0 radical (unpaired) electrons. The molecule has 1 atom stereocenters. The lowest BCUT2D eigenvalue weighted by molar-refractivity contribution is -0.150. The van der Waals surface area contributed by atoms with Crippen LogP contribution < -0.4 is 14.9 Å². The molecule has 27 heavy (non-hydrogen) atoms. The number of hydrogen-bond acceptors (Lipinski definition) is 6. The summed E-state index contributed by atoms with van der Waals surface area (Å²) in [5.74, 6) is 0.443. The number of methoxy groups -OCH3 is 1. The van der Waals surface area contributed by atoms with Crippen LogP contribution in [0.15, 0.2) is 39.5 Å². The first-order valence-electron chi connectivity index (χ1n) is 8.73. The summed E-state index contributed by atoms with van der Waals surface area (Å²) < 4.78 is 23.2. The Morgan fingerprint density at radius 1 is 1.26 bits per heavy atom. The zero-order chi connectivity index (χ0) is 19.3. The molecule has 0 aliphatic carbocycles. The molecule has 6 heteroatoms. The van der Waals surface area contributed by atoms with Gasteiger partial charge in [0.1, 0.15) is 34.2 Å². The van der Waals surface area contributed by atoms with Gasteiger partial charge >= 0.3 is 5.97 Å². The molecule has 2 heterocycles. The van der Waals surface area contributed by atoms with E-state index in [-0.39, 0.29) is 5.43 Å². The number of hydrogen-bond donors (Lipinski definition) is 0. The van der Waals surface area contributed by atoms with Crippen molar-refractivity contribution >= 4 is 27.9 Å². The highest BCUT2D eigenvalue weighted by atomic mass is 16.6. The molecule has 1 aromatic heterocycles. The van der Waals surface area contributed by atoms with Gasteiger partial charge in [0.25, 0.3) is 0 Å². The SMILES string of the molecule is COc1cc2c(c3oc4ccccc4c(=O)c13)C(OC(C)=O)CC(C)(C)O2. The number of benzene rings is 2. The van der Waals surface area contributed by atoms with Crippen LogP contribution in [0.1, 0.15) is 38.9 Å². The van der Waals surface area contributed by atoms with Crippen molar-refractivity contribution in [2.75, 3.05) is 7.11 Å². The van der Waals surface area contributed by atoms with Crippen LogP contribution in [-0.2, 0) is 9.53 Å². The van der Waals surface area contributed by atoms with Gasteiger partial charge < -0.3 is 18.6 Å². The third-order valence-electron chi connectivity index (χ3n) is 4.73. The zero-order valence-corrected chi connectivity index (χ0v) is 15.6. The quantitative estimate of drug-likeness (QED) is 0.500. The fraction of sp³-hybridized carbons (Fsp3) is 0.333. The predicted molar refractivity (Wildman–Crippen MR) is 100 cm³/mol. The summed E-state index contributed by atoms with van der Waals surface area (Å²) in [6.45, 7) is 5.19. The van der Waals surface area contributed by atoms with Gasteiger partial charge in [0.05, 0.1) is 18.1 Å². The van der Waals surface area contributed by atoms with E-state index in [1.54, 1.807) is 30.3 Å². The average molecular weight is 368 g/mol. The van der Waals surface area contributed by atoms with E-state index < -0.39 is 17.7 Å². The minimum Gasteiger partial charge on any atom is -0.496 e. The Hall–Kier alpha value is -3.02. The van der Waals surface area contributed by atoms with Crippen molar-refractivity contribution in [2.24, 2.45) is 0 Å². The summed E-state index contributed by atoms with van der Waals surface area (Å²) in [7, 11) is 1.49. The Bertz CT molecular complexity index is 1120. The van der Waals surface area contributed by atoms with E-state index in [2.05, 4.69) is 0 Å². The number of ether oxygens (including phenoxy) is 3. The number of carbonyl (C=O) groups excluding carboxylic acids is 1.